The number of hydrogen-bond donors (Lipinski definition) is 3. The first-order chi connectivity index (χ1) is 9.40. The Bertz CT molecular complexity index is 531. The fraction of sp³-hybridized carbons (Fsp3) is 0.308. The second-order valence-corrected chi connectivity index (χ2v) is 4.54. The number of carboxylic acids is 1. The number of benzene rings is 1. The first-order valence-electron chi connectivity index (χ1n) is 5.97. The fourth-order valence-electron chi connectivity index (χ4n) is 1.52. The lowest BCUT2D eigenvalue weighted by molar-refractivity contribution is -0.137. The van der Waals surface area contributed by atoms with Crippen LogP contribution in [0.1, 0.15) is 30.1 Å². The van der Waals surface area contributed by atoms with Crippen LogP contribution in [0.2, 0.25) is 5.02 Å². The number of halogens is 1. The van der Waals surface area contributed by atoms with Gasteiger partial charge in [-0.1, -0.05) is 11.6 Å². The zero-order chi connectivity index (χ0) is 15.1. The molecule has 0 atom stereocenters. The summed E-state index contributed by atoms with van der Waals surface area (Å²) < 4.78 is 0. The zero-order valence-corrected chi connectivity index (χ0v) is 11.7. The first-order valence-corrected chi connectivity index (χ1v) is 6.35. The second kappa shape index (κ2) is 7.49. The summed E-state index contributed by atoms with van der Waals surface area (Å²) in [5.74, 6) is -1.57. The van der Waals surface area contributed by atoms with E-state index in [0.717, 1.165) is 0 Å². The molecule has 0 radical (unpaired) electrons. The molecule has 0 bridgehead atoms. The molecular weight excluding hydrogens is 284 g/mol. The lowest BCUT2D eigenvalue weighted by Crippen LogP contribution is -2.25. The number of carboxylic acid groups (broad SMARTS) is 1. The van der Waals surface area contributed by atoms with Gasteiger partial charge in [-0.25, -0.2) is 0 Å². The van der Waals surface area contributed by atoms with E-state index in [4.69, 9.17) is 16.7 Å². The quantitative estimate of drug-likeness (QED) is 0.699. The van der Waals surface area contributed by atoms with Crippen LogP contribution in [0.3, 0.4) is 0 Å². The van der Waals surface area contributed by atoms with Gasteiger partial charge < -0.3 is 15.7 Å². The van der Waals surface area contributed by atoms with Crippen molar-refractivity contribution in [1.29, 1.82) is 0 Å². The highest BCUT2D eigenvalue weighted by molar-refractivity contribution is 6.34. The average molecular weight is 299 g/mol. The molecule has 2 amide bonds. The molecule has 0 aromatic heterocycles. The molecule has 0 spiro atoms. The summed E-state index contributed by atoms with van der Waals surface area (Å²) in [5, 5.41) is 13.9. The monoisotopic (exact) mass is 298 g/mol. The van der Waals surface area contributed by atoms with E-state index in [0.29, 0.717) is 12.1 Å². The number of hydrogen-bond acceptors (Lipinski definition) is 3. The highest BCUT2D eigenvalue weighted by atomic mass is 35.5. The summed E-state index contributed by atoms with van der Waals surface area (Å²) in [7, 11) is 0. The third-order valence-corrected chi connectivity index (χ3v) is 2.71. The van der Waals surface area contributed by atoms with E-state index in [9.17, 15) is 14.4 Å². The van der Waals surface area contributed by atoms with Crippen LogP contribution in [-0.2, 0) is 9.59 Å². The third kappa shape index (κ3) is 5.27. The largest absolute Gasteiger partial charge is 0.481 e. The van der Waals surface area contributed by atoms with Crippen molar-refractivity contribution in [1.82, 2.24) is 5.32 Å². The first kappa shape index (κ1) is 16.0. The van der Waals surface area contributed by atoms with Crippen molar-refractivity contribution in [3.05, 3.63) is 28.8 Å². The van der Waals surface area contributed by atoms with Crippen LogP contribution in [0.25, 0.3) is 0 Å². The predicted octanol–water partition coefficient (Wildman–Crippen LogP) is 1.89. The van der Waals surface area contributed by atoms with Crippen LogP contribution in [-0.4, -0.2) is 29.4 Å². The summed E-state index contributed by atoms with van der Waals surface area (Å²) in [5.41, 5.74) is 0.700. The molecule has 0 heterocycles. The van der Waals surface area contributed by atoms with E-state index in [-0.39, 0.29) is 29.5 Å². The van der Waals surface area contributed by atoms with Gasteiger partial charge in [-0.05, 0) is 24.6 Å². The molecule has 0 aliphatic carbocycles. The summed E-state index contributed by atoms with van der Waals surface area (Å²) in [6.45, 7) is 1.60. The highest BCUT2D eigenvalue weighted by Gasteiger charge is 2.11. The Hall–Kier alpha value is -2.08. The van der Waals surface area contributed by atoms with Gasteiger partial charge in [0.2, 0.25) is 5.91 Å². The fourth-order valence-corrected chi connectivity index (χ4v) is 1.72. The molecule has 1 aromatic rings. The van der Waals surface area contributed by atoms with Crippen molar-refractivity contribution >= 4 is 35.1 Å². The van der Waals surface area contributed by atoms with Crippen LogP contribution in [0.15, 0.2) is 18.2 Å². The van der Waals surface area contributed by atoms with Crippen molar-refractivity contribution < 1.29 is 19.5 Å². The van der Waals surface area contributed by atoms with Gasteiger partial charge in [0.05, 0.1) is 10.6 Å². The van der Waals surface area contributed by atoms with Gasteiger partial charge in [0.25, 0.3) is 5.91 Å². The van der Waals surface area contributed by atoms with Crippen molar-refractivity contribution in [2.75, 3.05) is 11.9 Å². The second-order valence-electron chi connectivity index (χ2n) is 4.13. The maximum Gasteiger partial charge on any atom is 0.303 e. The van der Waals surface area contributed by atoms with Gasteiger partial charge in [0.15, 0.2) is 0 Å². The average Bonchev–Trinajstić information content (AvgIpc) is 2.36. The van der Waals surface area contributed by atoms with Gasteiger partial charge in [-0.3, -0.25) is 14.4 Å². The Kier molecular flexibility index (Phi) is 5.99. The number of carbonyl (C=O) groups excluding carboxylic acids is 2. The Morgan fingerprint density at radius 2 is 2.00 bits per heavy atom. The minimum absolute atomic E-state index is 0.0139. The number of nitrogens with one attached hydrogen (secondary N) is 2. The molecule has 6 nitrogen and oxygen atoms in total. The van der Waals surface area contributed by atoms with Crippen molar-refractivity contribution in [3.63, 3.8) is 0 Å². The van der Waals surface area contributed by atoms with E-state index in [1.165, 1.54) is 19.1 Å². The molecule has 3 N–H and O–H groups in total. The third-order valence-electron chi connectivity index (χ3n) is 2.38. The summed E-state index contributed by atoms with van der Waals surface area (Å²) in [6.07, 6.45) is 0.323. The van der Waals surface area contributed by atoms with Gasteiger partial charge in [-0.2, -0.15) is 0 Å². The van der Waals surface area contributed by atoms with E-state index >= 15 is 0 Å². The van der Waals surface area contributed by atoms with Crippen LogP contribution >= 0.6 is 11.6 Å². The summed E-state index contributed by atoms with van der Waals surface area (Å²) in [4.78, 5) is 33.2. The SMILES string of the molecule is CC(=O)Nc1ccc(Cl)c(C(=O)NCCCC(=O)O)c1. The van der Waals surface area contributed by atoms with Crippen LogP contribution in [0.4, 0.5) is 5.69 Å². The van der Waals surface area contributed by atoms with E-state index < -0.39 is 11.9 Å². The molecule has 0 aliphatic heterocycles. The molecule has 7 heteroatoms. The lowest BCUT2D eigenvalue weighted by atomic mass is 10.1. The molecule has 0 fully saturated rings. The molecule has 0 saturated carbocycles. The van der Waals surface area contributed by atoms with Gasteiger partial charge >= 0.3 is 5.97 Å². The molecule has 1 rings (SSSR count). The summed E-state index contributed by atoms with van der Waals surface area (Å²) in [6, 6.07) is 4.57. The normalized spacial score (nSPS) is 9.90. The number of aliphatic carboxylic acids is 1. The predicted molar refractivity (Wildman–Crippen MR) is 75.0 cm³/mol. The maximum atomic E-state index is 11.9. The van der Waals surface area contributed by atoms with Crippen molar-refractivity contribution in [2.45, 2.75) is 19.8 Å². The number of carbonyl (C=O) groups is 3. The standard InChI is InChI=1S/C13H15ClN2O4/c1-8(17)16-9-4-5-11(14)10(7-9)13(20)15-6-2-3-12(18)19/h4-5,7H,2-3,6H2,1H3,(H,15,20)(H,16,17)(H,18,19). The summed E-state index contributed by atoms with van der Waals surface area (Å²) >= 11 is 5.92. The van der Waals surface area contributed by atoms with Crippen LogP contribution in [0.5, 0.6) is 0 Å². The Morgan fingerprint density at radius 3 is 2.60 bits per heavy atom. The number of rotatable bonds is 6. The van der Waals surface area contributed by atoms with Gasteiger partial charge in [0, 0.05) is 25.6 Å². The maximum absolute atomic E-state index is 11.9. The van der Waals surface area contributed by atoms with E-state index in [1.807, 2.05) is 0 Å². The van der Waals surface area contributed by atoms with Gasteiger partial charge in [0.1, 0.15) is 0 Å². The molecule has 20 heavy (non-hydrogen) atoms. The Balaban J connectivity index is 2.66. The van der Waals surface area contributed by atoms with Crippen LogP contribution in [0, 0.1) is 0 Å². The zero-order valence-electron chi connectivity index (χ0n) is 10.9. The highest BCUT2D eigenvalue weighted by Crippen LogP contribution is 2.20. The molecule has 0 saturated heterocycles. The van der Waals surface area contributed by atoms with Crippen LogP contribution < -0.4 is 10.6 Å². The number of amides is 2. The molecule has 0 unspecified atom stereocenters. The smallest absolute Gasteiger partial charge is 0.303 e. The molecule has 0 aliphatic rings. The molecular formula is C13H15ClN2O4. The van der Waals surface area contributed by atoms with Gasteiger partial charge in [-0.15, -0.1) is 0 Å². The Labute approximate surface area is 121 Å². The van der Waals surface area contributed by atoms with Crippen molar-refractivity contribution in [2.24, 2.45) is 0 Å². The molecule has 1 aromatic carbocycles. The number of anilines is 1. The topological polar surface area (TPSA) is 95.5 Å². The minimum atomic E-state index is -0.912. The van der Waals surface area contributed by atoms with E-state index in [2.05, 4.69) is 10.6 Å². The molecule has 108 valence electrons. The van der Waals surface area contributed by atoms with Crippen molar-refractivity contribution in [3.8, 4) is 0 Å². The minimum Gasteiger partial charge on any atom is -0.481 e. The van der Waals surface area contributed by atoms with E-state index in [1.54, 1.807) is 6.07 Å². The lowest BCUT2D eigenvalue weighted by Gasteiger charge is -2.08. The Morgan fingerprint density at radius 1 is 1.30 bits per heavy atom.